The molecule has 0 radical (unpaired) electrons. The van der Waals surface area contributed by atoms with Crippen LogP contribution in [0.2, 0.25) is 0 Å². The van der Waals surface area contributed by atoms with E-state index in [1.807, 2.05) is 26.2 Å². The molecule has 1 atom stereocenters. The Hall–Kier alpha value is -4.05. The van der Waals surface area contributed by atoms with Crippen molar-refractivity contribution in [1.29, 1.82) is 0 Å². The van der Waals surface area contributed by atoms with Gasteiger partial charge in [0.1, 0.15) is 5.65 Å². The van der Waals surface area contributed by atoms with Gasteiger partial charge in [0.05, 0.1) is 47.3 Å². The van der Waals surface area contributed by atoms with E-state index in [1.54, 1.807) is 29.2 Å². The maximum absolute atomic E-state index is 13.0. The predicted octanol–water partition coefficient (Wildman–Crippen LogP) is 3.73. The number of aromatic amines is 1. The first-order valence-corrected chi connectivity index (χ1v) is 12.2. The van der Waals surface area contributed by atoms with Crippen LogP contribution >= 0.6 is 0 Å². The van der Waals surface area contributed by atoms with E-state index in [9.17, 15) is 9.59 Å². The molecule has 1 saturated heterocycles. The first-order valence-electron chi connectivity index (χ1n) is 12.2. The van der Waals surface area contributed by atoms with Crippen molar-refractivity contribution >= 4 is 34.2 Å². The minimum atomic E-state index is -0.302. The van der Waals surface area contributed by atoms with E-state index in [0.717, 1.165) is 36.0 Å². The number of H-pyrrole nitrogens is 1. The second-order valence-electron chi connectivity index (χ2n) is 9.42. The lowest BCUT2D eigenvalue weighted by atomic mass is 10.0. The van der Waals surface area contributed by atoms with Crippen molar-refractivity contribution in [1.82, 2.24) is 29.6 Å². The van der Waals surface area contributed by atoms with Crippen LogP contribution in [0.4, 0.5) is 11.4 Å². The van der Waals surface area contributed by atoms with Crippen LogP contribution in [0, 0.1) is 6.92 Å². The fourth-order valence-electron chi connectivity index (χ4n) is 4.56. The van der Waals surface area contributed by atoms with Crippen molar-refractivity contribution in [3.05, 3.63) is 54.2 Å². The normalized spacial score (nSPS) is 16.2. The number of carbonyl (C=O) groups excluding carboxylic acids is 2. The highest BCUT2D eigenvalue weighted by atomic mass is 16.2. The molecular formula is C26H30N8O2. The Morgan fingerprint density at radius 1 is 1.11 bits per heavy atom. The summed E-state index contributed by atoms with van der Waals surface area (Å²) >= 11 is 0. The Kier molecular flexibility index (Phi) is 6.51. The summed E-state index contributed by atoms with van der Waals surface area (Å²) in [7, 11) is 1.86. The second-order valence-corrected chi connectivity index (χ2v) is 9.42. The average molecular weight is 487 g/mol. The van der Waals surface area contributed by atoms with E-state index >= 15 is 0 Å². The van der Waals surface area contributed by atoms with Gasteiger partial charge >= 0.3 is 0 Å². The van der Waals surface area contributed by atoms with Gasteiger partial charge in [0.15, 0.2) is 0 Å². The highest BCUT2D eigenvalue weighted by Gasteiger charge is 2.21. The SMILES string of the molecule is Cc1ncc(NC(=O)CN2CCCC[C@H]2C)cc1NC(=O)c1cnc2[nH]c(-c3cnn(C)c3)cc2c1. The average Bonchev–Trinajstić information content (AvgIpc) is 3.48. The van der Waals surface area contributed by atoms with Gasteiger partial charge in [-0.25, -0.2) is 4.98 Å². The van der Waals surface area contributed by atoms with E-state index in [4.69, 9.17) is 0 Å². The van der Waals surface area contributed by atoms with E-state index in [-0.39, 0.29) is 11.8 Å². The van der Waals surface area contributed by atoms with Crippen LogP contribution < -0.4 is 10.6 Å². The van der Waals surface area contributed by atoms with E-state index in [2.05, 4.69) is 42.5 Å². The molecule has 2 amide bonds. The van der Waals surface area contributed by atoms with Crippen LogP contribution in [0.5, 0.6) is 0 Å². The van der Waals surface area contributed by atoms with Crippen molar-refractivity contribution in [2.24, 2.45) is 7.05 Å². The molecule has 0 aliphatic carbocycles. The molecule has 0 saturated carbocycles. The lowest BCUT2D eigenvalue weighted by molar-refractivity contribution is -0.118. The maximum atomic E-state index is 13.0. The number of rotatable bonds is 6. The number of amides is 2. The Morgan fingerprint density at radius 3 is 2.75 bits per heavy atom. The molecule has 1 aliphatic rings. The summed E-state index contributed by atoms with van der Waals surface area (Å²) in [5, 5.41) is 10.8. The van der Waals surface area contributed by atoms with Crippen LogP contribution in [0.15, 0.2) is 43.0 Å². The minimum Gasteiger partial charge on any atom is -0.339 e. The smallest absolute Gasteiger partial charge is 0.257 e. The van der Waals surface area contributed by atoms with E-state index < -0.39 is 0 Å². The molecule has 1 fully saturated rings. The number of nitrogens with zero attached hydrogens (tertiary/aromatic N) is 5. The Labute approximate surface area is 209 Å². The molecule has 3 N–H and O–H groups in total. The maximum Gasteiger partial charge on any atom is 0.257 e. The number of aryl methyl sites for hydroxylation is 2. The first kappa shape index (κ1) is 23.7. The highest BCUT2D eigenvalue weighted by molar-refractivity contribution is 6.06. The number of pyridine rings is 2. The van der Waals surface area contributed by atoms with Gasteiger partial charge in [-0.15, -0.1) is 0 Å². The summed E-state index contributed by atoms with van der Waals surface area (Å²) in [6.07, 6.45) is 10.3. The monoisotopic (exact) mass is 486 g/mol. The van der Waals surface area contributed by atoms with Gasteiger partial charge in [0.2, 0.25) is 5.91 Å². The van der Waals surface area contributed by atoms with E-state index in [1.165, 1.54) is 12.6 Å². The van der Waals surface area contributed by atoms with Crippen molar-refractivity contribution in [2.45, 2.75) is 39.2 Å². The number of anilines is 2. The van der Waals surface area contributed by atoms with Crippen LogP contribution in [0.25, 0.3) is 22.3 Å². The van der Waals surface area contributed by atoms with Gasteiger partial charge in [0, 0.05) is 36.4 Å². The van der Waals surface area contributed by atoms with Gasteiger partial charge < -0.3 is 15.6 Å². The third-order valence-corrected chi connectivity index (χ3v) is 6.65. The molecule has 1 aliphatic heterocycles. The molecule has 186 valence electrons. The zero-order valence-electron chi connectivity index (χ0n) is 20.7. The molecule has 0 unspecified atom stereocenters. The molecule has 4 aromatic heterocycles. The zero-order valence-corrected chi connectivity index (χ0v) is 20.7. The van der Waals surface area contributed by atoms with Crippen molar-refractivity contribution in [3.8, 4) is 11.3 Å². The van der Waals surface area contributed by atoms with Crippen LogP contribution in [-0.2, 0) is 11.8 Å². The first-order chi connectivity index (χ1) is 17.4. The standard InChI is InChI=1S/C26H30N8O2/c1-16-6-4-5-7-34(16)15-24(35)30-21-10-22(17(2)27-13-21)32-26(36)19-8-18-9-23(31-25(18)28-11-19)20-12-29-33(3)14-20/h8-14,16H,4-7,15H2,1-3H3,(H,28,31)(H,30,35)(H,32,36)/t16-/m1/s1. The van der Waals surface area contributed by atoms with Crippen molar-refractivity contribution in [3.63, 3.8) is 0 Å². The fraction of sp³-hybridized carbons (Fsp3) is 0.346. The molecule has 0 aromatic carbocycles. The van der Waals surface area contributed by atoms with Crippen LogP contribution in [0.1, 0.15) is 42.2 Å². The third-order valence-electron chi connectivity index (χ3n) is 6.65. The summed E-state index contributed by atoms with van der Waals surface area (Å²) < 4.78 is 1.73. The number of nitrogens with one attached hydrogen (secondary N) is 3. The minimum absolute atomic E-state index is 0.0850. The number of likely N-dealkylation sites (tertiary alicyclic amines) is 1. The number of aromatic nitrogens is 5. The lowest BCUT2D eigenvalue weighted by Gasteiger charge is -2.32. The summed E-state index contributed by atoms with van der Waals surface area (Å²) in [6.45, 7) is 5.25. The molecule has 0 spiro atoms. The molecular weight excluding hydrogens is 456 g/mol. The lowest BCUT2D eigenvalue weighted by Crippen LogP contribution is -2.42. The summed E-state index contributed by atoms with van der Waals surface area (Å²) in [5.74, 6) is -0.387. The van der Waals surface area contributed by atoms with Crippen LogP contribution in [0.3, 0.4) is 0 Å². The number of fused-ring (bicyclic) bond motifs is 1. The van der Waals surface area contributed by atoms with Gasteiger partial charge in [-0.2, -0.15) is 5.10 Å². The van der Waals surface area contributed by atoms with Crippen molar-refractivity contribution < 1.29 is 9.59 Å². The molecule has 10 nitrogen and oxygen atoms in total. The third kappa shape index (κ3) is 5.13. The zero-order chi connectivity index (χ0) is 25.2. The second kappa shape index (κ2) is 9.90. The van der Waals surface area contributed by atoms with Crippen molar-refractivity contribution in [2.75, 3.05) is 23.7 Å². The molecule has 5 rings (SSSR count). The number of piperidine rings is 1. The quantitative estimate of drug-likeness (QED) is 0.382. The van der Waals surface area contributed by atoms with Gasteiger partial charge in [-0.05, 0) is 51.4 Å². The Balaban J connectivity index is 1.28. The topological polar surface area (TPSA) is 121 Å². The van der Waals surface area contributed by atoms with Gasteiger partial charge in [0.25, 0.3) is 5.91 Å². The Morgan fingerprint density at radius 2 is 1.97 bits per heavy atom. The largest absolute Gasteiger partial charge is 0.339 e. The fourth-order valence-corrected chi connectivity index (χ4v) is 4.56. The number of hydrogen-bond donors (Lipinski definition) is 3. The summed E-state index contributed by atoms with van der Waals surface area (Å²) in [5.41, 5.74) is 4.67. The highest BCUT2D eigenvalue weighted by Crippen LogP contribution is 2.24. The molecule has 0 bridgehead atoms. The molecule has 5 heterocycles. The van der Waals surface area contributed by atoms with Gasteiger partial charge in [-0.3, -0.25) is 24.2 Å². The summed E-state index contributed by atoms with van der Waals surface area (Å²) in [6, 6.07) is 5.88. The predicted molar refractivity (Wildman–Crippen MR) is 139 cm³/mol. The summed E-state index contributed by atoms with van der Waals surface area (Å²) in [4.78, 5) is 39.9. The number of carbonyl (C=O) groups is 2. The molecule has 36 heavy (non-hydrogen) atoms. The molecule has 10 heteroatoms. The van der Waals surface area contributed by atoms with E-state index in [0.29, 0.717) is 40.9 Å². The Bertz CT molecular complexity index is 1420. The van der Waals surface area contributed by atoms with Gasteiger partial charge in [-0.1, -0.05) is 6.42 Å². The number of hydrogen-bond acceptors (Lipinski definition) is 6. The van der Waals surface area contributed by atoms with Crippen LogP contribution in [-0.4, -0.2) is 60.6 Å². The molecule has 4 aromatic rings.